The molecule has 2 fully saturated rings. The molecule has 0 aliphatic heterocycles. The van der Waals surface area contributed by atoms with Gasteiger partial charge >= 0.3 is 0 Å². The second kappa shape index (κ2) is 15.5. The molecule has 0 aromatic carbocycles. The van der Waals surface area contributed by atoms with Crippen molar-refractivity contribution in [2.45, 2.75) is 146 Å². The molecule has 2 aliphatic rings. The highest BCUT2D eigenvalue weighted by Gasteiger charge is 2.28. The molecule has 2 N–H and O–H groups in total. The van der Waals surface area contributed by atoms with Gasteiger partial charge in [0, 0.05) is 3.92 Å². The van der Waals surface area contributed by atoms with Crippen molar-refractivity contribution >= 4 is 22.6 Å². The summed E-state index contributed by atoms with van der Waals surface area (Å²) in [6, 6.07) is 0. The van der Waals surface area contributed by atoms with Crippen LogP contribution in [0, 0.1) is 23.7 Å². The Bertz CT molecular complexity index is 415. The van der Waals surface area contributed by atoms with Gasteiger partial charge in [-0.15, -0.1) is 0 Å². The van der Waals surface area contributed by atoms with Gasteiger partial charge in [0.15, 0.2) is 0 Å². The van der Waals surface area contributed by atoms with Gasteiger partial charge in [-0.25, -0.2) is 0 Å². The van der Waals surface area contributed by atoms with E-state index in [9.17, 15) is 10.2 Å². The number of halogens is 1. The first-order chi connectivity index (χ1) is 14.5. The third-order valence-electron chi connectivity index (χ3n) is 8.48. The monoisotopic (exact) mass is 534 g/mol. The van der Waals surface area contributed by atoms with E-state index in [1.807, 2.05) is 0 Å². The Morgan fingerprint density at radius 3 is 2.13 bits per heavy atom. The Morgan fingerprint density at radius 2 is 1.47 bits per heavy atom. The van der Waals surface area contributed by atoms with Gasteiger partial charge in [-0.1, -0.05) is 107 Å². The van der Waals surface area contributed by atoms with Crippen LogP contribution in [0.5, 0.6) is 0 Å². The molecule has 0 bridgehead atoms. The van der Waals surface area contributed by atoms with E-state index in [1.165, 1.54) is 89.9 Å². The highest BCUT2D eigenvalue weighted by molar-refractivity contribution is 14.1. The van der Waals surface area contributed by atoms with Crippen molar-refractivity contribution < 1.29 is 10.2 Å². The van der Waals surface area contributed by atoms with Crippen LogP contribution in [0.1, 0.15) is 129 Å². The molecule has 0 saturated heterocycles. The van der Waals surface area contributed by atoms with Gasteiger partial charge in [0.25, 0.3) is 0 Å². The summed E-state index contributed by atoms with van der Waals surface area (Å²) in [6.07, 6.45) is 22.3. The van der Waals surface area contributed by atoms with E-state index in [1.54, 1.807) is 0 Å². The van der Waals surface area contributed by atoms with Crippen molar-refractivity contribution in [3.63, 3.8) is 0 Å². The van der Waals surface area contributed by atoms with Crippen molar-refractivity contribution in [3.05, 3.63) is 0 Å². The van der Waals surface area contributed by atoms with Crippen LogP contribution in [0.25, 0.3) is 0 Å². The molecular formula is C27H51IO2. The number of alkyl halides is 1. The maximum atomic E-state index is 10.9. The van der Waals surface area contributed by atoms with E-state index in [2.05, 4.69) is 36.4 Å². The van der Waals surface area contributed by atoms with Gasteiger partial charge in [-0.05, 0) is 68.6 Å². The van der Waals surface area contributed by atoms with Gasteiger partial charge < -0.3 is 10.2 Å². The normalized spacial score (nSPS) is 27.5. The number of aliphatic hydroxyl groups is 2. The third-order valence-corrected chi connectivity index (χ3v) is 9.72. The summed E-state index contributed by atoms with van der Waals surface area (Å²) >= 11 is 2.58. The quantitative estimate of drug-likeness (QED) is 0.134. The Labute approximate surface area is 201 Å². The highest BCUT2D eigenvalue weighted by atomic mass is 127. The Balaban J connectivity index is 1.60. The van der Waals surface area contributed by atoms with Crippen LogP contribution >= 0.6 is 22.6 Å². The molecule has 0 aromatic heterocycles. The van der Waals surface area contributed by atoms with E-state index >= 15 is 0 Å². The highest BCUT2D eigenvalue weighted by Crippen LogP contribution is 2.35. The Kier molecular flexibility index (Phi) is 13.9. The minimum absolute atomic E-state index is 0.0929. The van der Waals surface area contributed by atoms with E-state index in [0.717, 1.165) is 35.5 Å². The molecule has 4 atom stereocenters. The molecule has 0 aromatic rings. The SMILES string of the molecule is CCC(C)C(CCCC[C@H](O)CCCC1CCCCC1)CC(O)[C@H]1CC[C@@H](I)CC1. The number of rotatable bonds is 14. The van der Waals surface area contributed by atoms with Crippen LogP contribution in [-0.4, -0.2) is 26.3 Å². The zero-order chi connectivity index (χ0) is 21.8. The third kappa shape index (κ3) is 10.5. The Hall–Kier alpha value is 0.650. The zero-order valence-electron chi connectivity index (χ0n) is 20.0. The lowest BCUT2D eigenvalue weighted by atomic mass is 9.77. The summed E-state index contributed by atoms with van der Waals surface area (Å²) in [7, 11) is 0. The summed E-state index contributed by atoms with van der Waals surface area (Å²) in [6.45, 7) is 4.67. The first-order valence-corrected chi connectivity index (χ1v) is 14.7. The average molecular weight is 535 g/mol. The first kappa shape index (κ1) is 26.9. The number of hydrogen-bond acceptors (Lipinski definition) is 2. The second-order valence-corrected chi connectivity index (χ2v) is 12.6. The van der Waals surface area contributed by atoms with Gasteiger partial charge in [0.1, 0.15) is 0 Å². The second-order valence-electron chi connectivity index (χ2n) is 10.8. The van der Waals surface area contributed by atoms with Crippen molar-refractivity contribution in [2.24, 2.45) is 23.7 Å². The topological polar surface area (TPSA) is 40.5 Å². The molecule has 0 heterocycles. The van der Waals surface area contributed by atoms with Gasteiger partial charge in [-0.3, -0.25) is 0 Å². The standard InChI is InChI=1S/C27H51IO2/c1-3-21(2)24(20-27(30)23-16-18-25(28)19-17-23)13-7-8-14-26(29)15-9-12-22-10-5-4-6-11-22/h21-27,29-30H,3-20H2,1-2H3/t21?,23-,24?,25+,26-,27?/m0/s1. The van der Waals surface area contributed by atoms with E-state index in [0.29, 0.717) is 17.8 Å². The smallest absolute Gasteiger partial charge is 0.0571 e. The van der Waals surface area contributed by atoms with Gasteiger partial charge in [0.2, 0.25) is 0 Å². The summed E-state index contributed by atoms with van der Waals surface area (Å²) in [5.74, 6) is 2.82. The van der Waals surface area contributed by atoms with Crippen LogP contribution in [0.15, 0.2) is 0 Å². The molecule has 3 unspecified atom stereocenters. The molecule has 2 saturated carbocycles. The molecule has 3 heteroatoms. The summed E-state index contributed by atoms with van der Waals surface area (Å²) in [4.78, 5) is 0. The predicted molar refractivity (Wildman–Crippen MR) is 138 cm³/mol. The fourth-order valence-electron chi connectivity index (χ4n) is 5.98. The molecule has 0 spiro atoms. The number of unbranched alkanes of at least 4 members (excludes halogenated alkanes) is 1. The van der Waals surface area contributed by atoms with E-state index in [4.69, 9.17) is 0 Å². The van der Waals surface area contributed by atoms with E-state index in [-0.39, 0.29) is 12.2 Å². The van der Waals surface area contributed by atoms with Crippen molar-refractivity contribution in [2.75, 3.05) is 0 Å². The predicted octanol–water partition coefficient (Wildman–Crippen LogP) is 8.07. The van der Waals surface area contributed by atoms with Crippen molar-refractivity contribution in [3.8, 4) is 0 Å². The van der Waals surface area contributed by atoms with E-state index < -0.39 is 0 Å². The lowest BCUT2D eigenvalue weighted by Gasteiger charge is -2.33. The zero-order valence-corrected chi connectivity index (χ0v) is 22.2. The molecule has 0 radical (unpaired) electrons. The first-order valence-electron chi connectivity index (χ1n) is 13.5. The van der Waals surface area contributed by atoms with Crippen LogP contribution in [0.4, 0.5) is 0 Å². The maximum absolute atomic E-state index is 10.9. The van der Waals surface area contributed by atoms with Crippen molar-refractivity contribution in [1.82, 2.24) is 0 Å². The molecule has 30 heavy (non-hydrogen) atoms. The van der Waals surface area contributed by atoms with Crippen LogP contribution in [0.2, 0.25) is 0 Å². The average Bonchev–Trinajstić information content (AvgIpc) is 2.76. The lowest BCUT2D eigenvalue weighted by molar-refractivity contribution is 0.0518. The molecule has 2 aliphatic carbocycles. The van der Waals surface area contributed by atoms with Crippen LogP contribution in [-0.2, 0) is 0 Å². The molecule has 2 nitrogen and oxygen atoms in total. The lowest BCUT2D eigenvalue weighted by Crippen LogP contribution is -2.29. The van der Waals surface area contributed by atoms with Gasteiger partial charge in [-0.2, -0.15) is 0 Å². The van der Waals surface area contributed by atoms with Crippen LogP contribution < -0.4 is 0 Å². The summed E-state index contributed by atoms with van der Waals surface area (Å²) in [5, 5.41) is 21.3. The minimum atomic E-state index is -0.0988. The van der Waals surface area contributed by atoms with Crippen LogP contribution in [0.3, 0.4) is 0 Å². The summed E-state index contributed by atoms with van der Waals surface area (Å²) < 4.78 is 0.825. The van der Waals surface area contributed by atoms with Gasteiger partial charge in [0.05, 0.1) is 12.2 Å². The molecular weight excluding hydrogens is 483 g/mol. The molecule has 2 rings (SSSR count). The fourth-order valence-corrected chi connectivity index (χ4v) is 6.70. The number of aliphatic hydroxyl groups excluding tert-OH is 2. The van der Waals surface area contributed by atoms with Crippen molar-refractivity contribution in [1.29, 1.82) is 0 Å². The maximum Gasteiger partial charge on any atom is 0.0571 e. The summed E-state index contributed by atoms with van der Waals surface area (Å²) in [5.41, 5.74) is 0. The molecule has 0 amide bonds. The molecule has 178 valence electrons. The number of hydrogen-bond donors (Lipinski definition) is 2. The minimum Gasteiger partial charge on any atom is -0.393 e. The Morgan fingerprint density at radius 1 is 0.833 bits per heavy atom. The fraction of sp³-hybridized carbons (Fsp3) is 1.00. The largest absolute Gasteiger partial charge is 0.393 e.